The molecule has 2 aliphatic heterocycles. The Morgan fingerprint density at radius 3 is 2.41 bits per heavy atom. The van der Waals surface area contributed by atoms with E-state index in [1.807, 2.05) is 19.1 Å². The number of benzene rings is 2. The molecular formula is C25H22Cl3N3O2S. The zero-order valence-electron chi connectivity index (χ0n) is 19.0. The molecule has 0 saturated carbocycles. The normalized spacial score (nSPS) is 18.7. The van der Waals surface area contributed by atoms with Gasteiger partial charge in [-0.05, 0) is 87.5 Å². The summed E-state index contributed by atoms with van der Waals surface area (Å²) in [6, 6.07) is 8.48. The van der Waals surface area contributed by atoms with Gasteiger partial charge in [0.2, 0.25) is 0 Å². The van der Waals surface area contributed by atoms with Crippen molar-refractivity contribution < 1.29 is 9.59 Å². The van der Waals surface area contributed by atoms with Crippen molar-refractivity contribution in [2.75, 3.05) is 16.3 Å². The highest BCUT2D eigenvalue weighted by Gasteiger charge is 2.35. The number of halogens is 3. The lowest BCUT2D eigenvalue weighted by molar-refractivity contribution is -0.122. The molecule has 0 aliphatic carbocycles. The average molecular weight is 535 g/mol. The van der Waals surface area contributed by atoms with E-state index in [0.717, 1.165) is 23.4 Å². The minimum absolute atomic E-state index is 0.0401. The van der Waals surface area contributed by atoms with Crippen LogP contribution in [-0.4, -0.2) is 29.0 Å². The summed E-state index contributed by atoms with van der Waals surface area (Å²) in [5, 5.41) is 3.57. The monoisotopic (exact) mass is 533 g/mol. The molecule has 1 saturated heterocycles. The molecule has 176 valence electrons. The van der Waals surface area contributed by atoms with Crippen LogP contribution in [0.25, 0.3) is 11.6 Å². The van der Waals surface area contributed by atoms with Crippen molar-refractivity contribution >= 4 is 87.0 Å². The molecule has 0 aromatic heterocycles. The fourth-order valence-electron chi connectivity index (χ4n) is 4.47. The van der Waals surface area contributed by atoms with Crippen molar-refractivity contribution in [2.45, 2.75) is 33.2 Å². The summed E-state index contributed by atoms with van der Waals surface area (Å²) in [6.45, 7) is 9.24. The number of hydrogen-bond donors (Lipinski definition) is 1. The van der Waals surface area contributed by atoms with Gasteiger partial charge in [-0.3, -0.25) is 19.8 Å². The van der Waals surface area contributed by atoms with E-state index in [9.17, 15) is 9.59 Å². The lowest BCUT2D eigenvalue weighted by atomic mass is 9.87. The van der Waals surface area contributed by atoms with Gasteiger partial charge in [0, 0.05) is 22.8 Å². The van der Waals surface area contributed by atoms with Crippen LogP contribution in [0.4, 0.5) is 11.4 Å². The first-order chi connectivity index (χ1) is 15.9. The van der Waals surface area contributed by atoms with Gasteiger partial charge in [-0.2, -0.15) is 0 Å². The number of rotatable bonds is 3. The van der Waals surface area contributed by atoms with Crippen LogP contribution in [-0.2, 0) is 9.59 Å². The summed E-state index contributed by atoms with van der Waals surface area (Å²) in [6.07, 6.45) is 3.70. The van der Waals surface area contributed by atoms with Crippen LogP contribution in [0.1, 0.15) is 38.8 Å². The highest BCUT2D eigenvalue weighted by Crippen LogP contribution is 2.42. The number of thiocarbonyl (C=S) groups is 1. The minimum Gasteiger partial charge on any atom is -0.363 e. The molecule has 5 nitrogen and oxygen atoms in total. The second kappa shape index (κ2) is 9.00. The van der Waals surface area contributed by atoms with E-state index in [-0.39, 0.29) is 21.2 Å². The van der Waals surface area contributed by atoms with Crippen LogP contribution < -0.4 is 15.1 Å². The number of likely N-dealkylation sites (N-methyl/N-ethyl adjacent to an activating group) is 1. The standard InChI is InChI=1S/C25H22Cl3N3O2S/c1-5-30-21-11-19(27)14(8-16(21)13(2)12-25(30,3)4)9-17-22(32)29-24(34)31(23(17)33)15-6-7-18(26)20(28)10-15/h6-12H,5H2,1-4H3,(H,29,32,34)/b17-9-. The average Bonchev–Trinajstić information content (AvgIpc) is 2.73. The number of fused-ring (bicyclic) bond motifs is 1. The SMILES string of the molecule is CCN1c2cc(Cl)c(/C=C3/C(=O)NC(=S)N(c4ccc(Cl)c(Cl)c4)C3=O)cc2C(C)=CC1(C)C. The van der Waals surface area contributed by atoms with Crippen molar-refractivity contribution in [3.8, 4) is 0 Å². The van der Waals surface area contributed by atoms with Crippen LogP contribution in [0.15, 0.2) is 42.0 Å². The maximum Gasteiger partial charge on any atom is 0.270 e. The molecule has 0 radical (unpaired) electrons. The van der Waals surface area contributed by atoms with Gasteiger partial charge < -0.3 is 4.90 Å². The molecule has 34 heavy (non-hydrogen) atoms. The summed E-state index contributed by atoms with van der Waals surface area (Å²) in [5.41, 5.74) is 3.81. The van der Waals surface area contributed by atoms with Crippen molar-refractivity contribution in [2.24, 2.45) is 0 Å². The molecule has 4 rings (SSSR count). The topological polar surface area (TPSA) is 52.7 Å². The van der Waals surface area contributed by atoms with Gasteiger partial charge in [-0.25, -0.2) is 0 Å². The van der Waals surface area contributed by atoms with E-state index < -0.39 is 11.8 Å². The lowest BCUT2D eigenvalue weighted by Crippen LogP contribution is -2.54. The first-order valence-corrected chi connectivity index (χ1v) is 12.2. The Morgan fingerprint density at radius 1 is 1.06 bits per heavy atom. The Balaban J connectivity index is 1.80. The highest BCUT2D eigenvalue weighted by molar-refractivity contribution is 7.80. The molecule has 2 aliphatic rings. The second-order valence-corrected chi connectivity index (χ2v) is 10.3. The number of nitrogens with zero attached hydrogens (tertiary/aromatic N) is 2. The Morgan fingerprint density at radius 2 is 1.76 bits per heavy atom. The highest BCUT2D eigenvalue weighted by atomic mass is 35.5. The zero-order chi connectivity index (χ0) is 24.9. The molecule has 0 bridgehead atoms. The Labute approximate surface area is 219 Å². The molecule has 9 heteroatoms. The third-order valence-electron chi connectivity index (χ3n) is 5.98. The molecule has 2 heterocycles. The van der Waals surface area contributed by atoms with Crippen LogP contribution in [0, 0.1) is 0 Å². The van der Waals surface area contributed by atoms with E-state index in [2.05, 4.69) is 37.1 Å². The molecule has 1 fully saturated rings. The molecule has 2 aromatic rings. The third-order valence-corrected chi connectivity index (χ3v) is 7.33. The fourth-order valence-corrected chi connectivity index (χ4v) is 5.26. The molecule has 1 N–H and O–H groups in total. The number of hydrogen-bond acceptors (Lipinski definition) is 4. The van der Waals surface area contributed by atoms with Gasteiger partial charge in [-0.15, -0.1) is 0 Å². The predicted molar refractivity (Wildman–Crippen MR) is 145 cm³/mol. The van der Waals surface area contributed by atoms with E-state index in [4.69, 9.17) is 47.0 Å². The summed E-state index contributed by atoms with van der Waals surface area (Å²) >= 11 is 24.0. The van der Waals surface area contributed by atoms with Crippen LogP contribution in [0.5, 0.6) is 0 Å². The molecule has 0 spiro atoms. The van der Waals surface area contributed by atoms with Gasteiger partial charge in [0.25, 0.3) is 11.8 Å². The fraction of sp³-hybridized carbons (Fsp3) is 0.240. The largest absolute Gasteiger partial charge is 0.363 e. The number of anilines is 2. The van der Waals surface area contributed by atoms with Crippen LogP contribution in [0.2, 0.25) is 15.1 Å². The molecule has 0 unspecified atom stereocenters. The summed E-state index contributed by atoms with van der Waals surface area (Å²) < 4.78 is 0. The second-order valence-electron chi connectivity index (χ2n) is 8.67. The molecular weight excluding hydrogens is 513 g/mol. The maximum atomic E-state index is 13.4. The first-order valence-electron chi connectivity index (χ1n) is 10.6. The number of carbonyl (C=O) groups is 2. The third kappa shape index (κ3) is 4.24. The maximum absolute atomic E-state index is 13.4. The molecule has 2 aromatic carbocycles. The van der Waals surface area contributed by atoms with Crippen molar-refractivity contribution in [1.29, 1.82) is 0 Å². The van der Waals surface area contributed by atoms with Crippen LogP contribution in [0.3, 0.4) is 0 Å². The quantitative estimate of drug-likeness (QED) is 0.277. The van der Waals surface area contributed by atoms with Gasteiger partial charge in [0.1, 0.15) is 5.57 Å². The van der Waals surface area contributed by atoms with Gasteiger partial charge >= 0.3 is 0 Å². The van der Waals surface area contributed by atoms with Gasteiger partial charge in [0.05, 0.1) is 21.3 Å². The lowest BCUT2D eigenvalue weighted by Gasteiger charge is -2.43. The van der Waals surface area contributed by atoms with Crippen molar-refractivity contribution in [3.63, 3.8) is 0 Å². The van der Waals surface area contributed by atoms with E-state index in [0.29, 0.717) is 21.3 Å². The Bertz CT molecular complexity index is 1320. The van der Waals surface area contributed by atoms with Crippen molar-refractivity contribution in [3.05, 3.63) is 68.2 Å². The van der Waals surface area contributed by atoms with E-state index in [1.54, 1.807) is 12.1 Å². The Hall–Kier alpha value is -2.38. The summed E-state index contributed by atoms with van der Waals surface area (Å²) in [5.74, 6) is -1.17. The van der Waals surface area contributed by atoms with E-state index >= 15 is 0 Å². The molecule has 2 amide bonds. The van der Waals surface area contributed by atoms with E-state index in [1.165, 1.54) is 17.0 Å². The minimum atomic E-state index is -0.594. The predicted octanol–water partition coefficient (Wildman–Crippen LogP) is 6.50. The smallest absolute Gasteiger partial charge is 0.270 e. The number of nitrogens with one attached hydrogen (secondary N) is 1. The first kappa shape index (κ1) is 24.7. The Kier molecular flexibility index (Phi) is 6.55. The summed E-state index contributed by atoms with van der Waals surface area (Å²) in [4.78, 5) is 29.6. The van der Waals surface area contributed by atoms with Crippen LogP contribution >= 0.6 is 47.0 Å². The van der Waals surface area contributed by atoms with Gasteiger partial charge in [0.15, 0.2) is 5.11 Å². The number of amides is 2. The number of allylic oxidation sites excluding steroid dienone is 1. The zero-order valence-corrected chi connectivity index (χ0v) is 22.1. The van der Waals surface area contributed by atoms with Crippen molar-refractivity contribution in [1.82, 2.24) is 5.32 Å². The number of carbonyl (C=O) groups excluding carboxylic acids is 2. The summed E-state index contributed by atoms with van der Waals surface area (Å²) in [7, 11) is 0. The molecule has 0 atom stereocenters. The van der Waals surface area contributed by atoms with Gasteiger partial charge in [-0.1, -0.05) is 40.9 Å².